The third-order valence-electron chi connectivity index (χ3n) is 4.75. The molecule has 0 aromatic heterocycles. The standard InChI is InChI=1S/C25H24O5/c1-18(2)30-24(27)25(29-17-26,22-13-15-23(28-3)16-14-22)21-11-9-20(10-12-21)19-7-5-4-6-8-19/h4-18H,1-3H3. The maximum absolute atomic E-state index is 13.2. The zero-order chi connectivity index (χ0) is 21.6. The van der Waals surface area contributed by atoms with Crippen LogP contribution in [0.3, 0.4) is 0 Å². The number of carbonyl (C=O) groups excluding carboxylic acids is 2. The van der Waals surface area contributed by atoms with Crippen molar-refractivity contribution in [2.24, 2.45) is 0 Å². The highest BCUT2D eigenvalue weighted by Crippen LogP contribution is 2.37. The van der Waals surface area contributed by atoms with Crippen LogP contribution in [0.25, 0.3) is 11.1 Å². The van der Waals surface area contributed by atoms with Crippen LogP contribution in [0.1, 0.15) is 25.0 Å². The van der Waals surface area contributed by atoms with Crippen LogP contribution >= 0.6 is 0 Å². The van der Waals surface area contributed by atoms with Gasteiger partial charge in [0.2, 0.25) is 0 Å². The Morgan fingerprint density at radius 3 is 1.87 bits per heavy atom. The minimum Gasteiger partial charge on any atom is -0.497 e. The minimum absolute atomic E-state index is 0.275. The maximum atomic E-state index is 13.2. The van der Waals surface area contributed by atoms with E-state index in [0.29, 0.717) is 16.9 Å². The van der Waals surface area contributed by atoms with Crippen molar-refractivity contribution in [2.75, 3.05) is 7.11 Å². The summed E-state index contributed by atoms with van der Waals surface area (Å²) in [5.74, 6) is -0.0439. The third kappa shape index (κ3) is 4.20. The average molecular weight is 404 g/mol. The van der Waals surface area contributed by atoms with Gasteiger partial charge in [0.05, 0.1) is 13.2 Å². The van der Waals surface area contributed by atoms with Gasteiger partial charge in [0.25, 0.3) is 12.1 Å². The predicted octanol–water partition coefficient (Wildman–Crippen LogP) is 4.73. The van der Waals surface area contributed by atoms with Gasteiger partial charge in [0.15, 0.2) is 0 Å². The van der Waals surface area contributed by atoms with E-state index in [1.807, 2.05) is 42.5 Å². The maximum Gasteiger partial charge on any atom is 0.360 e. The summed E-state index contributed by atoms with van der Waals surface area (Å²) >= 11 is 0. The summed E-state index contributed by atoms with van der Waals surface area (Å²) < 4.78 is 16.2. The molecule has 154 valence electrons. The molecule has 3 rings (SSSR count). The predicted molar refractivity (Wildman–Crippen MR) is 114 cm³/mol. The Kier molecular flexibility index (Phi) is 6.52. The second-order valence-corrected chi connectivity index (χ2v) is 7.02. The number of hydrogen-bond donors (Lipinski definition) is 0. The SMILES string of the molecule is COc1ccc(C(OC=O)(C(=O)OC(C)C)c2ccc(-c3ccccc3)cc2)cc1. The van der Waals surface area contributed by atoms with Crippen molar-refractivity contribution in [1.29, 1.82) is 0 Å². The van der Waals surface area contributed by atoms with Crippen molar-refractivity contribution in [3.63, 3.8) is 0 Å². The van der Waals surface area contributed by atoms with Crippen molar-refractivity contribution >= 4 is 12.4 Å². The molecule has 0 saturated heterocycles. The highest BCUT2D eigenvalue weighted by atomic mass is 16.6. The molecule has 0 N–H and O–H groups in total. The monoisotopic (exact) mass is 404 g/mol. The van der Waals surface area contributed by atoms with Crippen LogP contribution in [0, 0.1) is 0 Å². The molecular weight excluding hydrogens is 380 g/mol. The van der Waals surface area contributed by atoms with Crippen LogP contribution in [-0.4, -0.2) is 25.7 Å². The topological polar surface area (TPSA) is 61.8 Å². The van der Waals surface area contributed by atoms with E-state index < -0.39 is 11.6 Å². The zero-order valence-corrected chi connectivity index (χ0v) is 17.2. The molecule has 3 aromatic carbocycles. The lowest BCUT2D eigenvalue weighted by molar-refractivity contribution is -0.175. The van der Waals surface area contributed by atoms with Crippen molar-refractivity contribution in [1.82, 2.24) is 0 Å². The van der Waals surface area contributed by atoms with Crippen molar-refractivity contribution in [2.45, 2.75) is 25.6 Å². The number of hydrogen-bond acceptors (Lipinski definition) is 5. The van der Waals surface area contributed by atoms with E-state index in [-0.39, 0.29) is 12.6 Å². The second-order valence-electron chi connectivity index (χ2n) is 7.02. The Morgan fingerprint density at radius 2 is 1.37 bits per heavy atom. The summed E-state index contributed by atoms with van der Waals surface area (Å²) in [5.41, 5.74) is 1.25. The highest BCUT2D eigenvalue weighted by molar-refractivity contribution is 5.87. The van der Waals surface area contributed by atoms with Crippen LogP contribution < -0.4 is 4.74 Å². The summed E-state index contributed by atoms with van der Waals surface area (Å²) in [6.07, 6.45) is -0.381. The molecular formula is C25H24O5. The molecule has 5 nitrogen and oxygen atoms in total. The molecule has 3 aromatic rings. The van der Waals surface area contributed by atoms with Gasteiger partial charge < -0.3 is 14.2 Å². The van der Waals surface area contributed by atoms with Gasteiger partial charge in [-0.3, -0.25) is 4.79 Å². The van der Waals surface area contributed by atoms with Gasteiger partial charge in [0.1, 0.15) is 5.75 Å². The Hall–Kier alpha value is -3.60. The van der Waals surface area contributed by atoms with Gasteiger partial charge in [-0.2, -0.15) is 0 Å². The molecule has 0 bridgehead atoms. The molecule has 1 atom stereocenters. The number of methoxy groups -OCH3 is 1. The summed E-state index contributed by atoms with van der Waals surface area (Å²) in [6.45, 7) is 3.77. The third-order valence-corrected chi connectivity index (χ3v) is 4.75. The number of benzene rings is 3. The molecule has 0 heterocycles. The van der Waals surface area contributed by atoms with Crippen LogP contribution in [0.2, 0.25) is 0 Å². The number of rotatable bonds is 8. The van der Waals surface area contributed by atoms with E-state index in [2.05, 4.69) is 0 Å². The van der Waals surface area contributed by atoms with Gasteiger partial charge in [-0.15, -0.1) is 0 Å². The van der Waals surface area contributed by atoms with E-state index in [1.54, 1.807) is 57.4 Å². The molecule has 0 aliphatic heterocycles. The van der Waals surface area contributed by atoms with Crippen molar-refractivity contribution in [3.8, 4) is 16.9 Å². The fraction of sp³-hybridized carbons (Fsp3) is 0.200. The zero-order valence-electron chi connectivity index (χ0n) is 17.2. The molecule has 0 fully saturated rings. The van der Waals surface area contributed by atoms with E-state index in [4.69, 9.17) is 14.2 Å². The summed E-state index contributed by atoms with van der Waals surface area (Å²) in [4.78, 5) is 24.8. The van der Waals surface area contributed by atoms with Crippen LogP contribution in [-0.2, 0) is 24.7 Å². The van der Waals surface area contributed by atoms with Gasteiger partial charge in [0, 0.05) is 11.1 Å². The molecule has 0 spiro atoms. The van der Waals surface area contributed by atoms with Crippen LogP contribution in [0.15, 0.2) is 78.9 Å². The Balaban J connectivity index is 2.13. The van der Waals surface area contributed by atoms with E-state index in [0.717, 1.165) is 11.1 Å². The fourth-order valence-electron chi connectivity index (χ4n) is 3.31. The lowest BCUT2D eigenvalue weighted by Gasteiger charge is -2.31. The second kappa shape index (κ2) is 9.27. The quantitative estimate of drug-likeness (QED) is 0.401. The molecule has 1 unspecified atom stereocenters. The van der Waals surface area contributed by atoms with Gasteiger partial charge >= 0.3 is 5.97 Å². The molecule has 5 heteroatoms. The van der Waals surface area contributed by atoms with Crippen molar-refractivity contribution < 1.29 is 23.8 Å². The van der Waals surface area contributed by atoms with Crippen molar-refractivity contribution in [3.05, 3.63) is 90.0 Å². The average Bonchev–Trinajstić information content (AvgIpc) is 2.78. The van der Waals surface area contributed by atoms with E-state index in [9.17, 15) is 9.59 Å². The fourth-order valence-corrected chi connectivity index (χ4v) is 3.31. The Labute approximate surface area is 176 Å². The Morgan fingerprint density at radius 1 is 0.833 bits per heavy atom. The first-order valence-electron chi connectivity index (χ1n) is 9.64. The van der Waals surface area contributed by atoms with E-state index in [1.165, 1.54) is 0 Å². The number of carbonyl (C=O) groups is 2. The highest BCUT2D eigenvalue weighted by Gasteiger charge is 2.46. The summed E-state index contributed by atoms with van der Waals surface area (Å²) in [7, 11) is 1.56. The summed E-state index contributed by atoms with van der Waals surface area (Å²) in [6, 6.07) is 24.0. The van der Waals surface area contributed by atoms with Gasteiger partial charge in [-0.05, 0) is 37.1 Å². The van der Waals surface area contributed by atoms with Gasteiger partial charge in [-0.1, -0.05) is 66.7 Å². The Bertz CT molecular complexity index is 978. The summed E-state index contributed by atoms with van der Waals surface area (Å²) in [5, 5.41) is 0. The van der Waals surface area contributed by atoms with E-state index >= 15 is 0 Å². The molecule has 30 heavy (non-hydrogen) atoms. The molecule has 0 aliphatic carbocycles. The molecule has 0 radical (unpaired) electrons. The first-order valence-corrected chi connectivity index (χ1v) is 9.64. The minimum atomic E-state index is -1.73. The largest absolute Gasteiger partial charge is 0.497 e. The van der Waals surface area contributed by atoms with Gasteiger partial charge in [-0.25, -0.2) is 4.79 Å². The van der Waals surface area contributed by atoms with Crippen LogP contribution in [0.5, 0.6) is 5.75 Å². The molecule has 0 saturated carbocycles. The molecule has 0 aliphatic rings. The first-order chi connectivity index (χ1) is 14.5. The first kappa shape index (κ1) is 21.1. The normalized spacial score (nSPS) is 12.7. The smallest absolute Gasteiger partial charge is 0.360 e. The number of esters is 1. The number of ether oxygens (including phenoxy) is 3. The lowest BCUT2D eigenvalue weighted by atomic mass is 9.85. The molecule has 0 amide bonds. The lowest BCUT2D eigenvalue weighted by Crippen LogP contribution is -2.42. The van der Waals surface area contributed by atoms with Crippen LogP contribution in [0.4, 0.5) is 0 Å².